The first kappa shape index (κ1) is 25.7. The standard InChI is InChI=1S/C28H27N5O3S/c1-20(17-21-7-5-4-6-8-21)18-29-30-26(34)19-37-28-32-31-27(22-9-13-24(35-2)14-10-22)33(28)23-11-15-25(36-3)16-12-23/h4-18H,19H2,1-3H3,(H,30,34)/b20-17+,29-18+. The minimum Gasteiger partial charge on any atom is -0.497 e. The van der Waals surface area contributed by atoms with Gasteiger partial charge in [0, 0.05) is 11.3 Å². The van der Waals surface area contributed by atoms with Crippen molar-refractivity contribution in [3.63, 3.8) is 0 Å². The van der Waals surface area contributed by atoms with Crippen LogP contribution in [-0.2, 0) is 4.79 Å². The van der Waals surface area contributed by atoms with E-state index in [2.05, 4.69) is 20.7 Å². The second-order valence-electron chi connectivity index (χ2n) is 7.95. The minimum absolute atomic E-state index is 0.121. The van der Waals surface area contributed by atoms with Gasteiger partial charge in [-0.3, -0.25) is 9.36 Å². The number of hydrogen-bond donors (Lipinski definition) is 1. The van der Waals surface area contributed by atoms with E-state index in [1.54, 1.807) is 20.4 Å². The fourth-order valence-electron chi connectivity index (χ4n) is 3.47. The third-order valence-corrected chi connectivity index (χ3v) is 6.22. The first-order valence-corrected chi connectivity index (χ1v) is 12.5. The van der Waals surface area contributed by atoms with Crippen molar-refractivity contribution in [2.24, 2.45) is 5.10 Å². The van der Waals surface area contributed by atoms with Gasteiger partial charge in [-0.2, -0.15) is 5.10 Å². The molecule has 1 N–H and O–H groups in total. The predicted molar refractivity (Wildman–Crippen MR) is 147 cm³/mol. The molecule has 0 radical (unpaired) electrons. The van der Waals surface area contributed by atoms with E-state index in [1.165, 1.54) is 11.8 Å². The number of allylic oxidation sites excluding steroid dienone is 1. The van der Waals surface area contributed by atoms with E-state index in [1.807, 2.05) is 96.4 Å². The van der Waals surface area contributed by atoms with E-state index in [-0.39, 0.29) is 11.7 Å². The molecule has 0 saturated heterocycles. The maximum Gasteiger partial charge on any atom is 0.250 e. The number of thioether (sulfide) groups is 1. The summed E-state index contributed by atoms with van der Waals surface area (Å²) in [6, 6.07) is 25.1. The molecule has 4 rings (SSSR count). The van der Waals surface area contributed by atoms with Gasteiger partial charge in [0.05, 0.1) is 26.2 Å². The molecular weight excluding hydrogens is 486 g/mol. The number of hydrogen-bond acceptors (Lipinski definition) is 7. The van der Waals surface area contributed by atoms with Crippen LogP contribution < -0.4 is 14.9 Å². The molecule has 9 heteroatoms. The van der Waals surface area contributed by atoms with Crippen molar-refractivity contribution in [1.82, 2.24) is 20.2 Å². The van der Waals surface area contributed by atoms with E-state index < -0.39 is 0 Å². The number of aromatic nitrogens is 3. The maximum atomic E-state index is 12.5. The summed E-state index contributed by atoms with van der Waals surface area (Å²) in [6.07, 6.45) is 3.61. The van der Waals surface area contributed by atoms with Crippen molar-refractivity contribution in [3.05, 3.63) is 90.0 Å². The van der Waals surface area contributed by atoms with Gasteiger partial charge in [-0.1, -0.05) is 48.2 Å². The number of nitrogens with zero attached hydrogens (tertiary/aromatic N) is 4. The van der Waals surface area contributed by atoms with Crippen molar-refractivity contribution >= 4 is 30.0 Å². The Labute approximate surface area is 220 Å². The van der Waals surface area contributed by atoms with Crippen molar-refractivity contribution < 1.29 is 14.3 Å². The Balaban J connectivity index is 1.48. The zero-order valence-electron chi connectivity index (χ0n) is 20.8. The van der Waals surface area contributed by atoms with E-state index in [4.69, 9.17) is 9.47 Å². The molecule has 0 aliphatic carbocycles. The lowest BCUT2D eigenvalue weighted by Gasteiger charge is -2.11. The highest BCUT2D eigenvalue weighted by atomic mass is 32.2. The van der Waals surface area contributed by atoms with Crippen LogP contribution >= 0.6 is 11.8 Å². The Morgan fingerprint density at radius 3 is 2.24 bits per heavy atom. The number of methoxy groups -OCH3 is 2. The van der Waals surface area contributed by atoms with Crippen LogP contribution in [0.3, 0.4) is 0 Å². The fourth-order valence-corrected chi connectivity index (χ4v) is 4.22. The van der Waals surface area contributed by atoms with Crippen molar-refractivity contribution in [3.8, 4) is 28.6 Å². The molecule has 8 nitrogen and oxygen atoms in total. The number of hydrazone groups is 1. The molecule has 1 aromatic heterocycles. The number of ether oxygens (including phenoxy) is 2. The quantitative estimate of drug-likeness (QED) is 0.177. The fraction of sp³-hybridized carbons (Fsp3) is 0.143. The molecule has 0 unspecified atom stereocenters. The highest BCUT2D eigenvalue weighted by molar-refractivity contribution is 7.99. The molecule has 0 atom stereocenters. The molecule has 0 spiro atoms. The van der Waals surface area contributed by atoms with Crippen LogP contribution in [-0.4, -0.2) is 46.9 Å². The summed E-state index contributed by atoms with van der Waals surface area (Å²) in [5, 5.41) is 13.4. The van der Waals surface area contributed by atoms with Gasteiger partial charge in [0.15, 0.2) is 11.0 Å². The van der Waals surface area contributed by atoms with Crippen LogP contribution in [0.4, 0.5) is 0 Å². The first-order valence-electron chi connectivity index (χ1n) is 11.5. The van der Waals surface area contributed by atoms with Crippen LogP contribution in [0.5, 0.6) is 11.5 Å². The predicted octanol–water partition coefficient (Wildman–Crippen LogP) is 5.25. The lowest BCUT2D eigenvalue weighted by Crippen LogP contribution is -2.20. The lowest BCUT2D eigenvalue weighted by atomic mass is 10.1. The molecule has 37 heavy (non-hydrogen) atoms. The van der Waals surface area contributed by atoms with Crippen LogP contribution in [0.2, 0.25) is 0 Å². The molecule has 1 amide bonds. The van der Waals surface area contributed by atoms with Crippen LogP contribution in [0.1, 0.15) is 12.5 Å². The summed E-state index contributed by atoms with van der Waals surface area (Å²) in [4.78, 5) is 12.5. The van der Waals surface area contributed by atoms with Gasteiger partial charge >= 0.3 is 0 Å². The molecule has 0 aliphatic heterocycles. The number of rotatable bonds is 10. The van der Waals surface area contributed by atoms with E-state index in [0.29, 0.717) is 11.0 Å². The summed E-state index contributed by atoms with van der Waals surface area (Å²) in [5.74, 6) is 2.01. The van der Waals surface area contributed by atoms with E-state index in [0.717, 1.165) is 33.9 Å². The molecule has 0 fully saturated rings. The minimum atomic E-state index is -0.246. The average molecular weight is 514 g/mol. The van der Waals surface area contributed by atoms with Gasteiger partial charge in [-0.25, -0.2) is 5.43 Å². The molecule has 0 aliphatic rings. The lowest BCUT2D eigenvalue weighted by molar-refractivity contribution is -0.118. The summed E-state index contributed by atoms with van der Waals surface area (Å²) >= 11 is 1.28. The number of benzene rings is 3. The number of carbonyl (C=O) groups is 1. The highest BCUT2D eigenvalue weighted by Crippen LogP contribution is 2.29. The Morgan fingerprint density at radius 1 is 0.946 bits per heavy atom. The molecular formula is C28H27N5O3S. The largest absolute Gasteiger partial charge is 0.497 e. The monoisotopic (exact) mass is 513 g/mol. The van der Waals surface area contributed by atoms with Gasteiger partial charge < -0.3 is 9.47 Å². The third kappa shape index (κ3) is 6.86. The van der Waals surface area contributed by atoms with Gasteiger partial charge in [0.25, 0.3) is 5.91 Å². The van der Waals surface area contributed by atoms with Gasteiger partial charge in [-0.05, 0) is 66.6 Å². The van der Waals surface area contributed by atoms with Crippen molar-refractivity contribution in [1.29, 1.82) is 0 Å². The Hall–Kier alpha value is -4.37. The maximum absolute atomic E-state index is 12.5. The summed E-state index contributed by atoms with van der Waals surface area (Å²) < 4.78 is 12.5. The normalized spacial score (nSPS) is 11.5. The average Bonchev–Trinajstić information content (AvgIpc) is 3.36. The second-order valence-corrected chi connectivity index (χ2v) is 8.89. The molecule has 188 valence electrons. The summed E-state index contributed by atoms with van der Waals surface area (Å²) in [6.45, 7) is 1.93. The molecule has 3 aromatic carbocycles. The van der Waals surface area contributed by atoms with Gasteiger partial charge in [0.1, 0.15) is 11.5 Å². The zero-order chi connectivity index (χ0) is 26.0. The van der Waals surface area contributed by atoms with Crippen LogP contribution in [0, 0.1) is 0 Å². The Bertz CT molecular complexity index is 1380. The van der Waals surface area contributed by atoms with Crippen LogP contribution in [0.25, 0.3) is 23.2 Å². The number of nitrogens with one attached hydrogen (secondary N) is 1. The third-order valence-electron chi connectivity index (χ3n) is 5.30. The van der Waals surface area contributed by atoms with Gasteiger partial charge in [0.2, 0.25) is 0 Å². The van der Waals surface area contributed by atoms with Crippen LogP contribution in [0.15, 0.2) is 94.7 Å². The molecule has 1 heterocycles. The molecule has 0 saturated carbocycles. The Morgan fingerprint density at radius 2 is 1.59 bits per heavy atom. The first-order chi connectivity index (χ1) is 18.1. The number of amides is 1. The number of carbonyl (C=O) groups excluding carboxylic acids is 1. The summed E-state index contributed by atoms with van der Waals surface area (Å²) in [7, 11) is 3.25. The summed E-state index contributed by atoms with van der Waals surface area (Å²) in [5.41, 5.74) is 6.28. The van der Waals surface area contributed by atoms with E-state index >= 15 is 0 Å². The second kappa shape index (κ2) is 12.5. The molecule has 0 bridgehead atoms. The topological polar surface area (TPSA) is 90.6 Å². The van der Waals surface area contributed by atoms with Gasteiger partial charge in [-0.15, -0.1) is 10.2 Å². The smallest absolute Gasteiger partial charge is 0.250 e. The zero-order valence-corrected chi connectivity index (χ0v) is 21.6. The highest BCUT2D eigenvalue weighted by Gasteiger charge is 2.17. The SMILES string of the molecule is COc1ccc(-c2nnc(SCC(=O)N/N=C/C(C)=C/c3ccccc3)n2-c2ccc(OC)cc2)cc1. The molecule has 4 aromatic rings. The van der Waals surface area contributed by atoms with Crippen molar-refractivity contribution in [2.75, 3.05) is 20.0 Å². The Kier molecular flexibility index (Phi) is 8.72. The van der Waals surface area contributed by atoms with Crippen molar-refractivity contribution in [2.45, 2.75) is 12.1 Å². The van der Waals surface area contributed by atoms with E-state index in [9.17, 15) is 4.79 Å².